The molecule has 258 valence electrons. The molecule has 1 aromatic carbocycles. The predicted octanol–water partition coefficient (Wildman–Crippen LogP) is 8.56. The first-order chi connectivity index (χ1) is 23.1. The lowest BCUT2D eigenvalue weighted by Gasteiger charge is -2.56. The number of hydrogen-bond donors (Lipinski definition) is 0. The SMILES string of the molecule is COC(=O)C(C)=CCC12OC(C)(C)C3CC(C=C4C(=O)c5c(N=[N+]=[N-])c6c(c(CC=C(C)C)c5OC431)OC(C)(CCC=C(C)C)C=C6)C2=O. The zero-order chi connectivity index (χ0) is 35.7. The normalized spacial score (nSPS) is 29.7. The smallest absolute Gasteiger partial charge is 0.333 e. The summed E-state index contributed by atoms with van der Waals surface area (Å²) in [5.74, 6) is -1.32. The average molecular weight is 668 g/mol. The highest BCUT2D eigenvalue weighted by Crippen LogP contribution is 2.68. The lowest BCUT2D eigenvalue weighted by Crippen LogP contribution is -2.72. The number of benzene rings is 1. The van der Waals surface area contributed by atoms with Gasteiger partial charge >= 0.3 is 5.97 Å². The van der Waals surface area contributed by atoms with E-state index in [0.29, 0.717) is 47.3 Å². The van der Waals surface area contributed by atoms with Crippen LogP contribution in [0.2, 0.25) is 0 Å². The largest absolute Gasteiger partial charge is 0.482 e. The number of carbonyl (C=O) groups is 3. The van der Waals surface area contributed by atoms with E-state index in [9.17, 15) is 15.1 Å². The van der Waals surface area contributed by atoms with Crippen molar-refractivity contribution in [2.75, 3.05) is 7.11 Å². The van der Waals surface area contributed by atoms with Gasteiger partial charge in [-0.25, -0.2) is 4.79 Å². The monoisotopic (exact) mass is 667 g/mol. The Bertz CT molecular complexity index is 1880. The number of fused-ring (bicyclic) bond motifs is 2. The van der Waals surface area contributed by atoms with E-state index >= 15 is 4.79 Å². The van der Waals surface area contributed by atoms with E-state index in [2.05, 4.69) is 29.9 Å². The fraction of sp³-hybridized carbons (Fsp3) is 0.513. The number of carbonyl (C=O) groups excluding carboxylic acids is 3. The van der Waals surface area contributed by atoms with Crippen LogP contribution in [0.5, 0.6) is 11.5 Å². The van der Waals surface area contributed by atoms with Crippen LogP contribution in [0.4, 0.5) is 5.69 Å². The van der Waals surface area contributed by atoms with Gasteiger partial charge in [0.2, 0.25) is 0 Å². The molecular formula is C39H45N3O7. The van der Waals surface area contributed by atoms with Crippen LogP contribution in [0.15, 0.2) is 57.8 Å². The van der Waals surface area contributed by atoms with Crippen molar-refractivity contribution in [2.24, 2.45) is 17.0 Å². The number of hydrogen-bond acceptors (Lipinski definition) is 8. The van der Waals surface area contributed by atoms with Gasteiger partial charge in [-0.2, -0.15) is 0 Å². The fourth-order valence-corrected chi connectivity index (χ4v) is 8.48. The molecule has 0 amide bonds. The summed E-state index contributed by atoms with van der Waals surface area (Å²) in [4.78, 5) is 45.1. The summed E-state index contributed by atoms with van der Waals surface area (Å²) in [6.07, 6.45) is 13.7. The van der Waals surface area contributed by atoms with Crippen LogP contribution in [0.1, 0.15) is 103 Å². The quantitative estimate of drug-likeness (QED) is 0.0642. The Morgan fingerprint density at radius 2 is 1.78 bits per heavy atom. The number of methoxy groups -OCH3 is 1. The molecule has 1 saturated carbocycles. The molecular weight excluding hydrogens is 622 g/mol. The standard InChI is InChI=1S/C39H45N3O7/c1-21(2)11-10-16-37(8)17-15-25-30(41-42-40)29-31(43)27-19-24-20-28-36(6,7)49-38(34(24)44,18-14-23(5)35(45)46-9)39(27,28)48-33(29)26(32(25)47-37)13-12-22(3)4/h11-12,14-15,17,19,24,28H,10,13,16,18,20H2,1-9H3. The molecule has 10 heteroatoms. The van der Waals surface area contributed by atoms with Gasteiger partial charge in [0.05, 0.1) is 24.0 Å². The summed E-state index contributed by atoms with van der Waals surface area (Å²) in [5, 5.41) is 4.09. The molecule has 0 N–H and O–H groups in total. The van der Waals surface area contributed by atoms with Crippen LogP contribution in [0.25, 0.3) is 16.5 Å². The lowest BCUT2D eigenvalue weighted by molar-refractivity contribution is -0.171. The average Bonchev–Trinajstić information content (AvgIpc) is 3.19. The summed E-state index contributed by atoms with van der Waals surface area (Å²) in [7, 11) is 1.30. The predicted molar refractivity (Wildman–Crippen MR) is 186 cm³/mol. The van der Waals surface area contributed by atoms with E-state index < -0.39 is 34.3 Å². The fourth-order valence-electron chi connectivity index (χ4n) is 8.48. The van der Waals surface area contributed by atoms with Crippen molar-refractivity contribution < 1.29 is 33.3 Å². The number of esters is 1. The Morgan fingerprint density at radius 1 is 1.06 bits per heavy atom. The molecule has 2 fully saturated rings. The third kappa shape index (κ3) is 5.10. The van der Waals surface area contributed by atoms with Gasteiger partial charge in [0.1, 0.15) is 17.1 Å². The van der Waals surface area contributed by atoms with Gasteiger partial charge in [0.25, 0.3) is 0 Å². The van der Waals surface area contributed by atoms with E-state index in [1.807, 2.05) is 52.8 Å². The highest BCUT2D eigenvalue weighted by molar-refractivity contribution is 6.20. The molecule has 10 nitrogen and oxygen atoms in total. The van der Waals surface area contributed by atoms with Gasteiger partial charge in [-0.3, -0.25) is 9.59 Å². The van der Waals surface area contributed by atoms with Crippen molar-refractivity contribution in [2.45, 2.75) is 110 Å². The number of ketones is 2. The third-order valence-corrected chi connectivity index (χ3v) is 10.8. The Morgan fingerprint density at radius 3 is 2.43 bits per heavy atom. The van der Waals surface area contributed by atoms with Crippen LogP contribution < -0.4 is 9.47 Å². The molecule has 1 saturated heterocycles. The molecule has 0 radical (unpaired) electrons. The molecule has 0 aromatic heterocycles. The molecule has 1 spiro atoms. The molecule has 49 heavy (non-hydrogen) atoms. The van der Waals surface area contributed by atoms with Crippen molar-refractivity contribution >= 4 is 29.3 Å². The maximum Gasteiger partial charge on any atom is 0.333 e. The molecule has 3 aliphatic heterocycles. The molecule has 3 aliphatic carbocycles. The Labute approximate surface area is 287 Å². The van der Waals surface area contributed by atoms with Crippen molar-refractivity contribution in [1.82, 2.24) is 0 Å². The molecule has 1 aromatic rings. The minimum atomic E-state index is -1.60. The number of ether oxygens (including phenoxy) is 4. The Balaban J connectivity index is 1.63. The Kier molecular flexibility index (Phi) is 8.36. The van der Waals surface area contributed by atoms with Gasteiger partial charge in [0.15, 0.2) is 22.8 Å². The van der Waals surface area contributed by atoms with Gasteiger partial charge in [-0.1, -0.05) is 46.6 Å². The maximum atomic E-state index is 15.0. The number of rotatable bonds is 9. The second-order valence-corrected chi connectivity index (χ2v) is 15.1. The highest BCUT2D eigenvalue weighted by atomic mass is 16.6. The van der Waals surface area contributed by atoms with Crippen molar-refractivity contribution in [1.29, 1.82) is 0 Å². The first kappa shape index (κ1) is 34.5. The third-order valence-electron chi connectivity index (χ3n) is 10.8. The second kappa shape index (κ2) is 11.9. The summed E-state index contributed by atoms with van der Waals surface area (Å²) in [6.45, 7) is 15.6. The van der Waals surface area contributed by atoms with E-state index in [4.69, 9.17) is 18.9 Å². The van der Waals surface area contributed by atoms with Gasteiger partial charge in [-0.15, -0.1) is 0 Å². The maximum absolute atomic E-state index is 15.0. The van der Waals surface area contributed by atoms with Crippen LogP contribution >= 0.6 is 0 Å². The minimum absolute atomic E-state index is 0.00225. The molecule has 7 rings (SSSR count). The van der Waals surface area contributed by atoms with Crippen LogP contribution in [0, 0.1) is 11.8 Å². The van der Waals surface area contributed by atoms with Crippen molar-refractivity contribution in [3.63, 3.8) is 0 Å². The van der Waals surface area contributed by atoms with E-state index in [-0.39, 0.29) is 40.9 Å². The lowest BCUT2D eigenvalue weighted by atomic mass is 9.51. The summed E-state index contributed by atoms with van der Waals surface area (Å²) in [6, 6.07) is 0. The van der Waals surface area contributed by atoms with Gasteiger partial charge in [0, 0.05) is 45.4 Å². The van der Waals surface area contributed by atoms with E-state index in [1.54, 1.807) is 19.1 Å². The van der Waals surface area contributed by atoms with E-state index in [0.717, 1.165) is 12.0 Å². The molecule has 5 atom stereocenters. The summed E-state index contributed by atoms with van der Waals surface area (Å²) in [5.41, 5.74) is 9.48. The number of allylic oxidation sites excluding steroid dienone is 5. The van der Waals surface area contributed by atoms with Crippen molar-refractivity contribution in [3.8, 4) is 11.5 Å². The highest BCUT2D eigenvalue weighted by Gasteiger charge is 2.81. The van der Waals surface area contributed by atoms with Gasteiger partial charge < -0.3 is 18.9 Å². The summed E-state index contributed by atoms with van der Waals surface area (Å²) >= 11 is 0. The minimum Gasteiger partial charge on any atom is -0.482 e. The van der Waals surface area contributed by atoms with Crippen molar-refractivity contribution in [3.05, 3.63) is 79.8 Å². The second-order valence-electron chi connectivity index (χ2n) is 15.1. The first-order valence-electron chi connectivity index (χ1n) is 16.9. The molecule has 5 unspecified atom stereocenters. The van der Waals surface area contributed by atoms with Crippen LogP contribution in [-0.2, 0) is 25.5 Å². The topological polar surface area (TPSA) is 137 Å². The molecule has 3 heterocycles. The summed E-state index contributed by atoms with van der Waals surface area (Å²) < 4.78 is 25.9. The zero-order valence-electron chi connectivity index (χ0n) is 29.9. The molecule has 4 bridgehead atoms. The van der Waals surface area contributed by atoms with E-state index in [1.165, 1.54) is 12.7 Å². The zero-order valence-corrected chi connectivity index (χ0v) is 29.9. The number of Topliss-reactive ketones (excluding diaryl/α,β-unsaturated/α-hetero) is 2. The number of azide groups is 1. The van der Waals surface area contributed by atoms with Crippen LogP contribution in [-0.4, -0.2) is 47.0 Å². The first-order valence-corrected chi connectivity index (χ1v) is 16.9. The molecule has 6 aliphatic rings. The van der Waals surface area contributed by atoms with Gasteiger partial charge in [-0.05, 0) is 92.7 Å². The van der Waals surface area contributed by atoms with Crippen LogP contribution in [0.3, 0.4) is 0 Å². The number of nitrogens with zero attached hydrogens (tertiary/aromatic N) is 3. The Hall–Kier alpha value is -4.40.